The Labute approximate surface area is 253 Å². The van der Waals surface area contributed by atoms with Gasteiger partial charge >= 0.3 is 0 Å². The molecule has 9 rings (SSSR count). The summed E-state index contributed by atoms with van der Waals surface area (Å²) in [5.41, 5.74) is 1.02. The fraction of sp³-hybridized carbons (Fsp3) is 0.278. The molecular formula is C36H28N2O6. The van der Waals surface area contributed by atoms with Crippen molar-refractivity contribution in [2.45, 2.75) is 12.8 Å². The third-order valence-electron chi connectivity index (χ3n) is 10.4. The molecule has 2 aliphatic heterocycles. The lowest BCUT2D eigenvalue weighted by Gasteiger charge is -2.18. The van der Waals surface area contributed by atoms with Gasteiger partial charge in [-0.3, -0.25) is 19.2 Å². The summed E-state index contributed by atoms with van der Waals surface area (Å²) in [5.74, 6) is 1.03. The molecular weight excluding hydrogens is 556 g/mol. The van der Waals surface area contributed by atoms with E-state index in [-0.39, 0.29) is 71.0 Å². The van der Waals surface area contributed by atoms with Gasteiger partial charge in [-0.25, -0.2) is 9.80 Å². The van der Waals surface area contributed by atoms with Crippen LogP contribution in [0.4, 0.5) is 11.4 Å². The van der Waals surface area contributed by atoms with E-state index in [4.69, 9.17) is 9.47 Å². The first-order chi connectivity index (χ1) is 21.4. The second-order valence-electron chi connectivity index (χ2n) is 12.7. The van der Waals surface area contributed by atoms with Crippen molar-refractivity contribution in [1.29, 1.82) is 0 Å². The Bertz CT molecular complexity index is 1660. The Morgan fingerprint density at radius 1 is 0.455 bits per heavy atom. The molecule has 0 unspecified atom stereocenters. The van der Waals surface area contributed by atoms with Crippen molar-refractivity contribution in [2.75, 3.05) is 9.80 Å². The van der Waals surface area contributed by atoms with Crippen molar-refractivity contribution in [3.05, 3.63) is 97.1 Å². The zero-order valence-corrected chi connectivity index (χ0v) is 23.6. The van der Waals surface area contributed by atoms with E-state index in [1.54, 1.807) is 72.8 Å². The highest BCUT2D eigenvalue weighted by molar-refractivity contribution is 6.23. The fourth-order valence-corrected chi connectivity index (χ4v) is 8.56. The minimum Gasteiger partial charge on any atom is -0.457 e. The molecule has 44 heavy (non-hydrogen) atoms. The minimum absolute atomic E-state index is 0.129. The number of hydrogen-bond donors (Lipinski definition) is 0. The maximum atomic E-state index is 13.3. The number of fused-ring (bicyclic) bond motifs is 10. The van der Waals surface area contributed by atoms with Crippen LogP contribution >= 0.6 is 0 Å². The number of nitrogens with zero attached hydrogens (tertiary/aromatic N) is 2. The first kappa shape index (κ1) is 25.5. The molecule has 2 saturated heterocycles. The summed E-state index contributed by atoms with van der Waals surface area (Å²) in [5, 5.41) is 0. The highest BCUT2D eigenvalue weighted by Gasteiger charge is 2.60. The van der Waals surface area contributed by atoms with E-state index in [2.05, 4.69) is 24.3 Å². The summed E-state index contributed by atoms with van der Waals surface area (Å²) in [6, 6.07) is 21.2. The molecule has 2 saturated carbocycles. The number of anilines is 2. The van der Waals surface area contributed by atoms with E-state index in [1.165, 1.54) is 9.80 Å². The van der Waals surface area contributed by atoms with Gasteiger partial charge in [-0.05, 0) is 72.9 Å². The summed E-state index contributed by atoms with van der Waals surface area (Å²) in [6.07, 6.45) is 10.1. The van der Waals surface area contributed by atoms with Crippen molar-refractivity contribution in [3.63, 3.8) is 0 Å². The summed E-state index contributed by atoms with van der Waals surface area (Å²) < 4.78 is 12.3. The number of amides is 4. The topological polar surface area (TPSA) is 93.2 Å². The first-order valence-corrected chi connectivity index (χ1v) is 15.2. The van der Waals surface area contributed by atoms with Crippen LogP contribution in [-0.2, 0) is 19.2 Å². The summed E-state index contributed by atoms with van der Waals surface area (Å²) in [4.78, 5) is 55.7. The van der Waals surface area contributed by atoms with Gasteiger partial charge in [0.1, 0.15) is 23.0 Å². The predicted molar refractivity (Wildman–Crippen MR) is 160 cm³/mol. The third-order valence-corrected chi connectivity index (χ3v) is 10.4. The number of ether oxygens (including phenoxy) is 2. The maximum absolute atomic E-state index is 13.3. The third kappa shape index (κ3) is 3.63. The highest BCUT2D eigenvalue weighted by atomic mass is 16.5. The van der Waals surface area contributed by atoms with Gasteiger partial charge in [-0.15, -0.1) is 0 Å². The highest BCUT2D eigenvalue weighted by Crippen LogP contribution is 2.54. The Morgan fingerprint density at radius 2 is 0.773 bits per heavy atom. The van der Waals surface area contributed by atoms with Gasteiger partial charge < -0.3 is 9.47 Å². The summed E-state index contributed by atoms with van der Waals surface area (Å²) in [7, 11) is 0. The van der Waals surface area contributed by atoms with Crippen LogP contribution in [0.5, 0.6) is 23.0 Å². The molecule has 0 spiro atoms. The zero-order valence-electron chi connectivity index (χ0n) is 23.6. The van der Waals surface area contributed by atoms with Crippen molar-refractivity contribution < 1.29 is 28.7 Å². The SMILES string of the molecule is O=C1[C@@H]2[C@H](C(=O)N1c1cccc(Oc3cccc(Oc4cccc(N5C(=O)[C@@H]6[C@H](C5=O)[C@H]5C=C[C@H]6C5)c4)c3)c1)[C@@H]1C=C[C@H]2C1. The molecule has 4 bridgehead atoms. The predicted octanol–water partition coefficient (Wildman–Crippen LogP) is 5.89. The van der Waals surface area contributed by atoms with E-state index in [0.717, 1.165) is 12.8 Å². The molecule has 8 nitrogen and oxygen atoms in total. The molecule has 0 aromatic heterocycles. The van der Waals surface area contributed by atoms with E-state index >= 15 is 0 Å². The van der Waals surface area contributed by atoms with Crippen LogP contribution in [0.2, 0.25) is 0 Å². The molecule has 6 aliphatic rings. The van der Waals surface area contributed by atoms with E-state index < -0.39 is 0 Å². The largest absolute Gasteiger partial charge is 0.457 e. The quantitative estimate of drug-likeness (QED) is 0.265. The maximum Gasteiger partial charge on any atom is 0.238 e. The van der Waals surface area contributed by atoms with Gasteiger partial charge in [-0.1, -0.05) is 42.5 Å². The van der Waals surface area contributed by atoms with Gasteiger partial charge in [0.15, 0.2) is 0 Å². The normalized spacial score (nSPS) is 32.3. The lowest BCUT2D eigenvalue weighted by Crippen LogP contribution is -2.32. The average molecular weight is 585 g/mol. The molecule has 8 heteroatoms. The van der Waals surface area contributed by atoms with E-state index in [9.17, 15) is 19.2 Å². The number of carbonyl (C=O) groups excluding carboxylic acids is 4. The van der Waals surface area contributed by atoms with Crippen LogP contribution in [0.15, 0.2) is 97.1 Å². The number of rotatable bonds is 6. The number of carbonyl (C=O) groups is 4. The number of hydrogen-bond acceptors (Lipinski definition) is 6. The van der Waals surface area contributed by atoms with Gasteiger partial charge in [0, 0.05) is 18.2 Å². The number of imide groups is 2. The van der Waals surface area contributed by atoms with Gasteiger partial charge in [0.05, 0.1) is 35.0 Å². The van der Waals surface area contributed by atoms with E-state index in [1.807, 2.05) is 0 Å². The van der Waals surface area contributed by atoms with E-state index in [0.29, 0.717) is 34.4 Å². The van der Waals surface area contributed by atoms with Crippen LogP contribution in [0.25, 0.3) is 0 Å². The molecule has 2 heterocycles. The molecule has 0 radical (unpaired) electrons. The summed E-state index contributed by atoms with van der Waals surface area (Å²) in [6.45, 7) is 0. The average Bonchev–Trinajstić information content (AvgIpc) is 3.87. The molecule has 0 N–H and O–H groups in total. The zero-order chi connectivity index (χ0) is 29.7. The Hall–Kier alpha value is -4.98. The van der Waals surface area contributed by atoms with Crippen molar-refractivity contribution >= 4 is 35.0 Å². The fourth-order valence-electron chi connectivity index (χ4n) is 8.56. The van der Waals surface area contributed by atoms with Crippen LogP contribution < -0.4 is 19.3 Å². The Morgan fingerprint density at radius 3 is 1.14 bits per heavy atom. The number of allylic oxidation sites excluding steroid dienone is 4. The van der Waals surface area contributed by atoms with Crippen molar-refractivity contribution in [1.82, 2.24) is 0 Å². The van der Waals surface area contributed by atoms with Gasteiger partial charge in [0.2, 0.25) is 23.6 Å². The van der Waals surface area contributed by atoms with Crippen LogP contribution in [0.1, 0.15) is 12.8 Å². The molecule has 4 fully saturated rings. The van der Waals surface area contributed by atoms with Crippen molar-refractivity contribution in [2.24, 2.45) is 47.3 Å². The van der Waals surface area contributed by atoms with Gasteiger partial charge in [-0.2, -0.15) is 0 Å². The first-order valence-electron chi connectivity index (χ1n) is 15.2. The Balaban J connectivity index is 0.918. The molecule has 4 aliphatic carbocycles. The van der Waals surface area contributed by atoms with Crippen molar-refractivity contribution in [3.8, 4) is 23.0 Å². The smallest absolute Gasteiger partial charge is 0.238 e. The Kier molecular flexibility index (Phi) is 5.37. The standard InChI is InChI=1S/C36H28N2O6/c39-33-29-19-10-11-20(14-19)30(29)34(40)37(33)23-4-1-6-25(16-23)43-27-8-3-9-28(18-27)44-26-7-2-5-24(17-26)38-35(41)31-21-12-13-22(15-21)32(31)36(38)42/h1-13,16-22,29-32H,14-15H2/t19-,20-,21-,22+,29-,30+,31-,32+/m0/s1. The summed E-state index contributed by atoms with van der Waals surface area (Å²) >= 11 is 0. The molecule has 4 amide bonds. The molecule has 3 aromatic rings. The van der Waals surface area contributed by atoms with Crippen LogP contribution in [-0.4, -0.2) is 23.6 Å². The lowest BCUT2D eigenvalue weighted by molar-refractivity contribution is -0.124. The van der Waals surface area contributed by atoms with Crippen LogP contribution in [0.3, 0.4) is 0 Å². The number of benzene rings is 3. The second-order valence-corrected chi connectivity index (χ2v) is 12.7. The second kappa shape index (κ2) is 9.26. The molecule has 218 valence electrons. The monoisotopic (exact) mass is 584 g/mol. The van der Waals surface area contributed by atoms with Gasteiger partial charge in [0.25, 0.3) is 0 Å². The molecule has 3 aromatic carbocycles. The van der Waals surface area contributed by atoms with Crippen LogP contribution in [0, 0.1) is 47.3 Å². The lowest BCUT2D eigenvalue weighted by atomic mass is 9.85. The minimum atomic E-state index is -0.261. The molecule has 8 atom stereocenters.